The van der Waals surface area contributed by atoms with Gasteiger partial charge < -0.3 is 9.80 Å². The van der Waals surface area contributed by atoms with Crippen LogP contribution in [0.5, 0.6) is 0 Å². The molecule has 0 N–H and O–H groups in total. The predicted molar refractivity (Wildman–Crippen MR) is 138 cm³/mol. The van der Waals surface area contributed by atoms with Crippen molar-refractivity contribution in [2.24, 2.45) is 5.41 Å². The number of pyridine rings is 1. The minimum absolute atomic E-state index is 0.00262. The summed E-state index contributed by atoms with van der Waals surface area (Å²) in [7, 11) is 0. The van der Waals surface area contributed by atoms with E-state index in [1.54, 1.807) is 13.0 Å². The van der Waals surface area contributed by atoms with E-state index in [9.17, 15) is 17.6 Å². The van der Waals surface area contributed by atoms with Crippen molar-refractivity contribution in [3.8, 4) is 5.69 Å². The number of fused-ring (bicyclic) bond motifs is 3. The standard InChI is InChI=1S/C26H27ClF4N8/c1-16-20(28)3-5-22(32-16)37-11-25(12-37)13-38(14-25)24-34-33-23-10-36(19-8-35(9-19)15-26(29,30)31)7-17-6-18(27)2-4-21(17)39(23)24/h2-6,19H,7-15H2,1H3. The fourth-order valence-corrected chi connectivity index (χ4v) is 6.56. The second-order valence-corrected chi connectivity index (χ2v) is 11.8. The van der Waals surface area contributed by atoms with Gasteiger partial charge in [-0.2, -0.15) is 13.2 Å². The molecule has 3 fully saturated rings. The Labute approximate surface area is 227 Å². The molecular weight excluding hydrogens is 536 g/mol. The molecule has 0 amide bonds. The summed E-state index contributed by atoms with van der Waals surface area (Å²) in [6.45, 7) is 5.92. The van der Waals surface area contributed by atoms with Crippen LogP contribution < -0.4 is 9.80 Å². The van der Waals surface area contributed by atoms with E-state index in [4.69, 9.17) is 11.6 Å². The highest BCUT2D eigenvalue weighted by atomic mass is 35.5. The molecule has 206 valence electrons. The maximum Gasteiger partial charge on any atom is 0.401 e. The number of aromatic nitrogens is 4. The Hall–Kier alpha value is -2.96. The minimum Gasteiger partial charge on any atom is -0.355 e. The molecular formula is C26H27ClF4N8. The molecule has 3 saturated heterocycles. The minimum atomic E-state index is -4.19. The van der Waals surface area contributed by atoms with Crippen LogP contribution in [0.4, 0.5) is 29.3 Å². The number of halogens is 5. The van der Waals surface area contributed by atoms with E-state index in [0.717, 1.165) is 55.0 Å². The van der Waals surface area contributed by atoms with Crippen molar-refractivity contribution in [2.75, 3.05) is 55.6 Å². The van der Waals surface area contributed by atoms with Gasteiger partial charge >= 0.3 is 6.18 Å². The number of anilines is 2. The number of nitrogens with zero attached hydrogens (tertiary/aromatic N) is 8. The number of likely N-dealkylation sites (tertiary alicyclic amines) is 1. The molecule has 6 heterocycles. The Morgan fingerprint density at radius 3 is 2.46 bits per heavy atom. The van der Waals surface area contributed by atoms with E-state index in [1.807, 2.05) is 18.2 Å². The van der Waals surface area contributed by atoms with Gasteiger partial charge in [0.2, 0.25) is 5.95 Å². The summed E-state index contributed by atoms with van der Waals surface area (Å²) in [6, 6.07) is 8.93. The van der Waals surface area contributed by atoms with E-state index < -0.39 is 12.7 Å². The largest absolute Gasteiger partial charge is 0.401 e. The molecule has 0 bridgehead atoms. The molecule has 13 heteroatoms. The molecule has 1 aromatic carbocycles. The number of hydrogen-bond acceptors (Lipinski definition) is 7. The van der Waals surface area contributed by atoms with Crippen molar-refractivity contribution < 1.29 is 17.6 Å². The van der Waals surface area contributed by atoms with Crippen molar-refractivity contribution in [1.82, 2.24) is 29.5 Å². The second-order valence-electron chi connectivity index (χ2n) is 11.3. The lowest BCUT2D eigenvalue weighted by atomic mass is 9.73. The van der Waals surface area contributed by atoms with E-state index in [-0.39, 0.29) is 17.3 Å². The third-order valence-electron chi connectivity index (χ3n) is 8.29. The first-order valence-corrected chi connectivity index (χ1v) is 13.3. The van der Waals surface area contributed by atoms with Crippen LogP contribution in [-0.4, -0.2) is 87.6 Å². The summed E-state index contributed by atoms with van der Waals surface area (Å²) in [5.41, 5.74) is 2.48. The highest BCUT2D eigenvalue weighted by Crippen LogP contribution is 2.44. The summed E-state index contributed by atoms with van der Waals surface area (Å²) in [5.74, 6) is 2.03. The first-order chi connectivity index (χ1) is 18.6. The lowest BCUT2D eigenvalue weighted by Gasteiger charge is -2.60. The zero-order valence-corrected chi connectivity index (χ0v) is 22.1. The first kappa shape index (κ1) is 25.0. The number of aryl methyl sites for hydroxylation is 1. The Morgan fingerprint density at radius 1 is 1.00 bits per heavy atom. The Morgan fingerprint density at radius 2 is 1.74 bits per heavy atom. The van der Waals surface area contributed by atoms with Crippen LogP contribution in [0, 0.1) is 18.2 Å². The SMILES string of the molecule is Cc1nc(N2CC3(C2)CN(c2nnc4n2-c2ccc(Cl)cc2CN(C2CN(CC(F)(F)F)C2)C4)C3)ccc1F. The third-order valence-corrected chi connectivity index (χ3v) is 8.52. The lowest BCUT2D eigenvalue weighted by molar-refractivity contribution is -0.161. The maximum absolute atomic E-state index is 13.6. The molecule has 8 nitrogen and oxygen atoms in total. The predicted octanol–water partition coefficient (Wildman–Crippen LogP) is 3.65. The molecule has 0 atom stereocenters. The van der Waals surface area contributed by atoms with Crippen molar-refractivity contribution in [3.05, 3.63) is 58.3 Å². The lowest BCUT2D eigenvalue weighted by Crippen LogP contribution is -2.73. The van der Waals surface area contributed by atoms with Crippen molar-refractivity contribution in [1.29, 1.82) is 0 Å². The quantitative estimate of drug-likeness (QED) is 0.450. The van der Waals surface area contributed by atoms with E-state index >= 15 is 0 Å². The third kappa shape index (κ3) is 4.42. The summed E-state index contributed by atoms with van der Waals surface area (Å²) >= 11 is 6.36. The maximum atomic E-state index is 13.6. The molecule has 0 aliphatic carbocycles. The van der Waals surface area contributed by atoms with Crippen LogP contribution in [0.15, 0.2) is 30.3 Å². The van der Waals surface area contributed by atoms with Gasteiger partial charge in [0.25, 0.3) is 0 Å². The zero-order valence-electron chi connectivity index (χ0n) is 21.3. The van der Waals surface area contributed by atoms with Gasteiger partial charge in [-0.05, 0) is 42.8 Å². The molecule has 1 spiro atoms. The molecule has 39 heavy (non-hydrogen) atoms. The number of benzene rings is 1. The molecule has 2 aromatic heterocycles. The monoisotopic (exact) mass is 562 g/mol. The van der Waals surface area contributed by atoms with E-state index in [1.165, 1.54) is 11.0 Å². The molecule has 4 aliphatic rings. The van der Waals surface area contributed by atoms with Gasteiger partial charge in [0.05, 0.1) is 24.5 Å². The smallest absolute Gasteiger partial charge is 0.355 e. The van der Waals surface area contributed by atoms with Crippen molar-refractivity contribution in [2.45, 2.75) is 32.2 Å². The zero-order chi connectivity index (χ0) is 27.1. The van der Waals surface area contributed by atoms with Gasteiger partial charge in [0, 0.05) is 62.3 Å². The number of rotatable bonds is 4. The topological polar surface area (TPSA) is 56.6 Å². The van der Waals surface area contributed by atoms with Crippen LogP contribution in [0.25, 0.3) is 5.69 Å². The van der Waals surface area contributed by atoms with E-state index in [2.05, 4.69) is 34.4 Å². The first-order valence-electron chi connectivity index (χ1n) is 13.0. The highest BCUT2D eigenvalue weighted by Gasteiger charge is 2.53. The van der Waals surface area contributed by atoms with Gasteiger partial charge in [0.1, 0.15) is 11.6 Å². The highest BCUT2D eigenvalue weighted by molar-refractivity contribution is 6.30. The van der Waals surface area contributed by atoms with Gasteiger partial charge in [-0.25, -0.2) is 9.37 Å². The van der Waals surface area contributed by atoms with Gasteiger partial charge in [-0.3, -0.25) is 14.4 Å². The Bertz CT molecular complexity index is 1420. The van der Waals surface area contributed by atoms with Crippen LogP contribution in [0.2, 0.25) is 5.02 Å². The molecule has 4 aliphatic heterocycles. The van der Waals surface area contributed by atoms with Crippen LogP contribution in [0.3, 0.4) is 0 Å². The number of hydrogen-bond donors (Lipinski definition) is 0. The summed E-state index contributed by atoms with van der Waals surface area (Å²) in [5, 5.41) is 9.70. The van der Waals surface area contributed by atoms with E-state index in [0.29, 0.717) is 36.9 Å². The van der Waals surface area contributed by atoms with Gasteiger partial charge in [-0.1, -0.05) is 11.6 Å². The fraction of sp³-hybridized carbons (Fsp3) is 0.500. The Kier molecular flexibility index (Phi) is 5.63. The number of alkyl halides is 3. The molecule has 0 saturated carbocycles. The van der Waals surface area contributed by atoms with Gasteiger partial charge in [0.15, 0.2) is 5.82 Å². The van der Waals surface area contributed by atoms with Gasteiger partial charge in [-0.15, -0.1) is 10.2 Å². The molecule has 3 aromatic rings. The summed E-state index contributed by atoms with van der Waals surface area (Å²) < 4.78 is 54.2. The van der Waals surface area contributed by atoms with Crippen LogP contribution >= 0.6 is 11.6 Å². The summed E-state index contributed by atoms with van der Waals surface area (Å²) in [4.78, 5) is 12.4. The average molecular weight is 563 g/mol. The molecule has 0 radical (unpaired) electrons. The van der Waals surface area contributed by atoms with Crippen LogP contribution in [0.1, 0.15) is 17.1 Å². The fourth-order valence-electron chi connectivity index (χ4n) is 6.37. The molecule has 0 unspecified atom stereocenters. The Balaban J connectivity index is 1.08. The van der Waals surface area contributed by atoms with Crippen LogP contribution in [-0.2, 0) is 13.1 Å². The average Bonchev–Trinajstić information content (AvgIpc) is 3.11. The molecule has 7 rings (SSSR count). The van der Waals surface area contributed by atoms with Crippen molar-refractivity contribution in [3.63, 3.8) is 0 Å². The second kappa shape index (κ2) is 8.77. The van der Waals surface area contributed by atoms with Crippen molar-refractivity contribution >= 4 is 23.4 Å². The summed E-state index contributed by atoms with van der Waals surface area (Å²) in [6.07, 6.45) is -4.19. The normalized spacial score (nSPS) is 21.2.